The molecule has 1 aliphatic rings. The number of nitrogens with two attached hydrogens (primary N) is 1. The van der Waals surface area contributed by atoms with Gasteiger partial charge in [-0.05, 0) is 35.6 Å². The average Bonchev–Trinajstić information content (AvgIpc) is 3.04. The topological polar surface area (TPSA) is 67.1 Å². The zero-order valence-corrected chi connectivity index (χ0v) is 12.1. The molecule has 0 fully saturated rings. The zero-order chi connectivity index (χ0) is 14.1. The van der Waals surface area contributed by atoms with Crippen LogP contribution in [0.25, 0.3) is 0 Å². The largest absolute Gasteiger partial charge is 0.397 e. The Hall–Kier alpha value is -2.01. The Morgan fingerprint density at radius 3 is 3.05 bits per heavy atom. The summed E-state index contributed by atoms with van der Waals surface area (Å²) in [7, 11) is 0. The monoisotopic (exact) mass is 287 g/mol. The van der Waals surface area contributed by atoms with Gasteiger partial charge in [0.15, 0.2) is 0 Å². The van der Waals surface area contributed by atoms with Crippen LogP contribution in [-0.4, -0.2) is 5.91 Å². The normalized spacial score (nSPS) is 14.8. The van der Waals surface area contributed by atoms with Gasteiger partial charge in [-0.15, -0.1) is 11.3 Å². The number of nitrogens with one attached hydrogen (secondary N) is 2. The first-order chi connectivity index (χ1) is 9.67. The molecule has 1 amide bonds. The molecule has 0 radical (unpaired) electrons. The molecular formula is C15H17N3OS. The number of benzene rings is 1. The molecule has 0 bridgehead atoms. The standard InChI is InChI=1S/C15H17N3OS/c1-2-11(14-4-3-5-20-14)17-13-8-12-9(6-10(13)16)7-15(19)18-12/h3-6,8,11,17H,2,7,16H2,1H3,(H,18,19). The number of anilines is 3. The van der Waals surface area contributed by atoms with E-state index in [1.165, 1.54) is 4.88 Å². The van der Waals surface area contributed by atoms with Crippen molar-refractivity contribution in [3.8, 4) is 0 Å². The van der Waals surface area contributed by atoms with Gasteiger partial charge in [-0.3, -0.25) is 4.79 Å². The van der Waals surface area contributed by atoms with Crippen molar-refractivity contribution in [2.45, 2.75) is 25.8 Å². The second-order valence-corrected chi connectivity index (χ2v) is 5.92. The van der Waals surface area contributed by atoms with Crippen molar-refractivity contribution < 1.29 is 4.79 Å². The molecule has 1 atom stereocenters. The number of carbonyl (C=O) groups excluding carboxylic acids is 1. The summed E-state index contributed by atoms with van der Waals surface area (Å²) in [4.78, 5) is 12.7. The quantitative estimate of drug-likeness (QED) is 0.755. The molecule has 0 saturated carbocycles. The molecule has 0 spiro atoms. The van der Waals surface area contributed by atoms with Crippen LogP contribution in [0.15, 0.2) is 29.6 Å². The molecule has 4 nitrogen and oxygen atoms in total. The lowest BCUT2D eigenvalue weighted by atomic mass is 10.1. The van der Waals surface area contributed by atoms with E-state index in [0.717, 1.165) is 23.4 Å². The first kappa shape index (κ1) is 13.0. The predicted molar refractivity (Wildman–Crippen MR) is 84.2 cm³/mol. The van der Waals surface area contributed by atoms with Crippen LogP contribution in [0.4, 0.5) is 17.1 Å². The summed E-state index contributed by atoms with van der Waals surface area (Å²) < 4.78 is 0. The lowest BCUT2D eigenvalue weighted by Crippen LogP contribution is -2.10. The summed E-state index contributed by atoms with van der Waals surface area (Å²) in [5.41, 5.74) is 9.51. The summed E-state index contributed by atoms with van der Waals surface area (Å²) in [6.45, 7) is 2.14. The summed E-state index contributed by atoms with van der Waals surface area (Å²) in [6.07, 6.45) is 1.39. The minimum atomic E-state index is 0.0295. The van der Waals surface area contributed by atoms with Crippen LogP contribution in [0, 0.1) is 0 Å². The van der Waals surface area contributed by atoms with E-state index >= 15 is 0 Å². The van der Waals surface area contributed by atoms with E-state index in [1.807, 2.05) is 12.1 Å². The van der Waals surface area contributed by atoms with Crippen LogP contribution in [0.2, 0.25) is 0 Å². The molecule has 0 saturated heterocycles. The van der Waals surface area contributed by atoms with Crippen molar-refractivity contribution in [3.63, 3.8) is 0 Å². The van der Waals surface area contributed by atoms with Crippen LogP contribution in [0.3, 0.4) is 0 Å². The van der Waals surface area contributed by atoms with Crippen molar-refractivity contribution in [3.05, 3.63) is 40.1 Å². The Balaban J connectivity index is 1.87. The third kappa shape index (κ3) is 2.36. The number of fused-ring (bicyclic) bond motifs is 1. The second kappa shape index (κ2) is 5.17. The highest BCUT2D eigenvalue weighted by atomic mass is 32.1. The van der Waals surface area contributed by atoms with Gasteiger partial charge in [-0.25, -0.2) is 0 Å². The molecule has 3 rings (SSSR count). The molecule has 1 aliphatic heterocycles. The summed E-state index contributed by atoms with van der Waals surface area (Å²) in [5, 5.41) is 8.41. The van der Waals surface area contributed by atoms with Gasteiger partial charge in [0.25, 0.3) is 0 Å². The molecule has 2 heterocycles. The van der Waals surface area contributed by atoms with Crippen molar-refractivity contribution in [2.75, 3.05) is 16.4 Å². The molecule has 5 heteroatoms. The van der Waals surface area contributed by atoms with Crippen LogP contribution >= 0.6 is 11.3 Å². The van der Waals surface area contributed by atoms with E-state index in [4.69, 9.17) is 5.73 Å². The molecule has 1 aromatic carbocycles. The Bertz CT molecular complexity index is 637. The third-order valence-corrected chi connectivity index (χ3v) is 4.51. The first-order valence-electron chi connectivity index (χ1n) is 6.69. The van der Waals surface area contributed by atoms with E-state index < -0.39 is 0 Å². The number of rotatable bonds is 4. The minimum absolute atomic E-state index is 0.0295. The molecule has 1 unspecified atom stereocenters. The fraction of sp³-hybridized carbons (Fsp3) is 0.267. The zero-order valence-electron chi connectivity index (χ0n) is 11.3. The maximum absolute atomic E-state index is 11.4. The molecule has 4 N–H and O–H groups in total. The van der Waals surface area contributed by atoms with E-state index in [0.29, 0.717) is 12.1 Å². The molecule has 0 aliphatic carbocycles. The van der Waals surface area contributed by atoms with Crippen molar-refractivity contribution in [1.82, 2.24) is 0 Å². The number of carbonyl (C=O) groups is 1. The fourth-order valence-corrected chi connectivity index (χ4v) is 3.33. The van der Waals surface area contributed by atoms with Crippen LogP contribution in [0.5, 0.6) is 0 Å². The fourth-order valence-electron chi connectivity index (χ4n) is 2.47. The number of amides is 1. The van der Waals surface area contributed by atoms with Crippen LogP contribution < -0.4 is 16.4 Å². The minimum Gasteiger partial charge on any atom is -0.397 e. The van der Waals surface area contributed by atoms with Gasteiger partial charge in [0.1, 0.15) is 0 Å². The SMILES string of the molecule is CCC(Nc1cc2c(cc1N)CC(=O)N2)c1cccs1. The maximum Gasteiger partial charge on any atom is 0.228 e. The number of nitrogen functional groups attached to an aromatic ring is 1. The Kier molecular flexibility index (Phi) is 3.36. The lowest BCUT2D eigenvalue weighted by Gasteiger charge is -2.19. The van der Waals surface area contributed by atoms with E-state index in [1.54, 1.807) is 11.3 Å². The Morgan fingerprint density at radius 1 is 1.50 bits per heavy atom. The average molecular weight is 287 g/mol. The Labute approximate surface area is 122 Å². The second-order valence-electron chi connectivity index (χ2n) is 4.94. The highest BCUT2D eigenvalue weighted by Gasteiger charge is 2.20. The number of hydrogen-bond acceptors (Lipinski definition) is 4. The van der Waals surface area contributed by atoms with Gasteiger partial charge in [-0.1, -0.05) is 13.0 Å². The molecular weight excluding hydrogens is 270 g/mol. The smallest absolute Gasteiger partial charge is 0.228 e. The van der Waals surface area contributed by atoms with Crippen molar-refractivity contribution in [2.24, 2.45) is 0 Å². The van der Waals surface area contributed by atoms with Gasteiger partial charge >= 0.3 is 0 Å². The van der Waals surface area contributed by atoms with Crippen molar-refractivity contribution in [1.29, 1.82) is 0 Å². The van der Waals surface area contributed by atoms with Crippen LogP contribution in [-0.2, 0) is 11.2 Å². The molecule has 2 aromatic rings. The molecule has 104 valence electrons. The molecule has 1 aromatic heterocycles. The predicted octanol–water partition coefficient (Wildman–Crippen LogP) is 3.39. The maximum atomic E-state index is 11.4. The number of hydrogen-bond donors (Lipinski definition) is 3. The third-order valence-electron chi connectivity index (χ3n) is 3.53. The van der Waals surface area contributed by atoms with E-state index in [2.05, 4.69) is 35.1 Å². The van der Waals surface area contributed by atoms with Gasteiger partial charge in [0, 0.05) is 10.6 Å². The Morgan fingerprint density at radius 2 is 2.35 bits per heavy atom. The van der Waals surface area contributed by atoms with Gasteiger partial charge in [0.05, 0.1) is 23.8 Å². The first-order valence-corrected chi connectivity index (χ1v) is 7.57. The highest BCUT2D eigenvalue weighted by molar-refractivity contribution is 7.10. The summed E-state index contributed by atoms with van der Waals surface area (Å²) in [6, 6.07) is 8.24. The van der Waals surface area contributed by atoms with Gasteiger partial charge in [0.2, 0.25) is 5.91 Å². The summed E-state index contributed by atoms with van der Waals surface area (Å²) in [5.74, 6) is 0.0295. The summed E-state index contributed by atoms with van der Waals surface area (Å²) >= 11 is 1.73. The highest BCUT2D eigenvalue weighted by Crippen LogP contribution is 2.34. The van der Waals surface area contributed by atoms with Gasteiger partial charge < -0.3 is 16.4 Å². The van der Waals surface area contributed by atoms with Crippen molar-refractivity contribution >= 4 is 34.3 Å². The molecule has 20 heavy (non-hydrogen) atoms. The van der Waals surface area contributed by atoms with Gasteiger partial charge in [-0.2, -0.15) is 0 Å². The number of thiophene rings is 1. The van der Waals surface area contributed by atoms with E-state index in [9.17, 15) is 4.79 Å². The lowest BCUT2D eigenvalue weighted by molar-refractivity contribution is -0.115. The van der Waals surface area contributed by atoms with Crippen LogP contribution in [0.1, 0.15) is 29.8 Å². The van der Waals surface area contributed by atoms with E-state index in [-0.39, 0.29) is 11.9 Å².